The van der Waals surface area contributed by atoms with Crippen molar-refractivity contribution < 1.29 is 9.53 Å². The fourth-order valence-electron chi connectivity index (χ4n) is 1.54. The molecule has 0 aliphatic rings. The highest BCUT2D eigenvalue weighted by atomic mass is 32.2. The Morgan fingerprint density at radius 1 is 1.57 bits per heavy atom. The van der Waals surface area contributed by atoms with E-state index in [1.807, 2.05) is 24.3 Å². The van der Waals surface area contributed by atoms with Crippen LogP contribution in [0.2, 0.25) is 0 Å². The normalized spacial score (nSPS) is 10.1. The standard InChI is InChI=1S/C13H15N5O2S/c1-3-7-14-12(19)9-21-13-15-16-17-18(13)10-5-4-6-11(8-10)20-2/h3-6,8H,1,7,9H2,2H3,(H,14,19). The molecular formula is C13H15N5O2S. The summed E-state index contributed by atoms with van der Waals surface area (Å²) < 4.78 is 6.74. The van der Waals surface area contributed by atoms with E-state index in [1.165, 1.54) is 11.8 Å². The molecule has 0 saturated carbocycles. The number of thioether (sulfide) groups is 1. The van der Waals surface area contributed by atoms with Gasteiger partial charge < -0.3 is 10.1 Å². The molecule has 0 saturated heterocycles. The van der Waals surface area contributed by atoms with Crippen LogP contribution in [0.3, 0.4) is 0 Å². The quantitative estimate of drug-likeness (QED) is 0.608. The van der Waals surface area contributed by atoms with Gasteiger partial charge in [-0.2, -0.15) is 4.68 Å². The Labute approximate surface area is 126 Å². The molecule has 1 aromatic heterocycles. The molecule has 1 N–H and O–H groups in total. The molecular weight excluding hydrogens is 290 g/mol. The maximum absolute atomic E-state index is 11.6. The van der Waals surface area contributed by atoms with Crippen molar-refractivity contribution in [3.05, 3.63) is 36.9 Å². The molecule has 0 fully saturated rings. The summed E-state index contributed by atoms with van der Waals surface area (Å²) in [4.78, 5) is 11.6. The molecule has 0 spiro atoms. The van der Waals surface area contributed by atoms with Crippen LogP contribution in [0.15, 0.2) is 42.1 Å². The van der Waals surface area contributed by atoms with E-state index in [1.54, 1.807) is 17.9 Å². The van der Waals surface area contributed by atoms with E-state index < -0.39 is 0 Å². The summed E-state index contributed by atoms with van der Waals surface area (Å²) in [7, 11) is 1.60. The number of hydrogen-bond acceptors (Lipinski definition) is 6. The summed E-state index contributed by atoms with van der Waals surface area (Å²) in [6, 6.07) is 7.36. The van der Waals surface area contributed by atoms with Gasteiger partial charge in [0.2, 0.25) is 11.1 Å². The summed E-state index contributed by atoms with van der Waals surface area (Å²) in [5.74, 6) is 0.848. The van der Waals surface area contributed by atoms with Crippen molar-refractivity contribution in [3.8, 4) is 11.4 Å². The molecule has 110 valence electrons. The van der Waals surface area contributed by atoms with Gasteiger partial charge in [0.15, 0.2) is 0 Å². The van der Waals surface area contributed by atoms with Crippen LogP contribution in [0.5, 0.6) is 5.75 Å². The molecule has 0 unspecified atom stereocenters. The monoisotopic (exact) mass is 305 g/mol. The highest BCUT2D eigenvalue weighted by molar-refractivity contribution is 7.99. The zero-order valence-corrected chi connectivity index (χ0v) is 12.3. The number of methoxy groups -OCH3 is 1. The van der Waals surface area contributed by atoms with Gasteiger partial charge in [-0.05, 0) is 22.6 Å². The van der Waals surface area contributed by atoms with Crippen LogP contribution < -0.4 is 10.1 Å². The van der Waals surface area contributed by atoms with E-state index in [9.17, 15) is 4.79 Å². The van der Waals surface area contributed by atoms with Gasteiger partial charge in [-0.1, -0.05) is 23.9 Å². The van der Waals surface area contributed by atoms with Crippen molar-refractivity contribution in [2.75, 3.05) is 19.4 Å². The van der Waals surface area contributed by atoms with Crippen molar-refractivity contribution in [1.82, 2.24) is 25.5 Å². The lowest BCUT2D eigenvalue weighted by Crippen LogP contribution is -2.25. The molecule has 1 amide bonds. The van der Waals surface area contributed by atoms with Crippen LogP contribution in [0.25, 0.3) is 5.69 Å². The van der Waals surface area contributed by atoms with Crippen LogP contribution >= 0.6 is 11.8 Å². The van der Waals surface area contributed by atoms with Crippen molar-refractivity contribution in [3.63, 3.8) is 0 Å². The molecule has 2 rings (SSSR count). The zero-order chi connectivity index (χ0) is 15.1. The highest BCUT2D eigenvalue weighted by Crippen LogP contribution is 2.20. The van der Waals surface area contributed by atoms with Gasteiger partial charge in [0.05, 0.1) is 18.6 Å². The van der Waals surface area contributed by atoms with Crippen LogP contribution in [0.4, 0.5) is 0 Å². The first-order valence-electron chi connectivity index (χ1n) is 6.18. The van der Waals surface area contributed by atoms with Crippen molar-refractivity contribution >= 4 is 17.7 Å². The number of nitrogens with zero attached hydrogens (tertiary/aromatic N) is 4. The van der Waals surface area contributed by atoms with Crippen LogP contribution in [-0.2, 0) is 4.79 Å². The Kier molecular flexibility index (Phi) is 5.33. The molecule has 2 aromatic rings. The number of hydrogen-bond donors (Lipinski definition) is 1. The largest absolute Gasteiger partial charge is 0.497 e. The van der Waals surface area contributed by atoms with Gasteiger partial charge in [-0.3, -0.25) is 4.79 Å². The number of tetrazole rings is 1. The van der Waals surface area contributed by atoms with Gasteiger partial charge in [0.1, 0.15) is 5.75 Å². The van der Waals surface area contributed by atoms with E-state index in [2.05, 4.69) is 27.4 Å². The Bertz CT molecular complexity index is 629. The topological polar surface area (TPSA) is 81.9 Å². The summed E-state index contributed by atoms with van der Waals surface area (Å²) >= 11 is 1.26. The Morgan fingerprint density at radius 3 is 3.19 bits per heavy atom. The number of aromatic nitrogens is 4. The molecule has 0 aliphatic heterocycles. The van der Waals surface area contributed by atoms with Crippen LogP contribution in [0.1, 0.15) is 0 Å². The van der Waals surface area contributed by atoms with Crippen molar-refractivity contribution in [2.24, 2.45) is 0 Å². The molecule has 1 aromatic carbocycles. The minimum atomic E-state index is -0.0971. The highest BCUT2D eigenvalue weighted by Gasteiger charge is 2.11. The number of ether oxygens (including phenoxy) is 1. The lowest BCUT2D eigenvalue weighted by atomic mass is 10.3. The molecule has 0 aliphatic carbocycles. The number of rotatable bonds is 7. The number of carbonyl (C=O) groups excluding carboxylic acids is 1. The first-order chi connectivity index (χ1) is 10.2. The van der Waals surface area contributed by atoms with Gasteiger partial charge in [-0.15, -0.1) is 11.7 Å². The molecule has 8 heteroatoms. The second kappa shape index (κ2) is 7.44. The number of carbonyl (C=O) groups is 1. The third kappa shape index (κ3) is 4.06. The lowest BCUT2D eigenvalue weighted by Gasteiger charge is -2.06. The van der Waals surface area contributed by atoms with E-state index in [0.717, 1.165) is 5.69 Å². The molecule has 0 bridgehead atoms. The first kappa shape index (κ1) is 15.0. The summed E-state index contributed by atoms with van der Waals surface area (Å²) in [6.45, 7) is 3.99. The van der Waals surface area contributed by atoms with Crippen LogP contribution in [0, 0.1) is 0 Å². The fraction of sp³-hybridized carbons (Fsp3) is 0.231. The molecule has 21 heavy (non-hydrogen) atoms. The number of nitrogens with one attached hydrogen (secondary N) is 1. The predicted octanol–water partition coefficient (Wildman–Crippen LogP) is 1.07. The minimum Gasteiger partial charge on any atom is -0.497 e. The summed E-state index contributed by atoms with van der Waals surface area (Å²) in [5.41, 5.74) is 0.772. The molecule has 0 atom stereocenters. The molecule has 1 heterocycles. The van der Waals surface area contributed by atoms with E-state index in [0.29, 0.717) is 17.5 Å². The van der Waals surface area contributed by atoms with E-state index >= 15 is 0 Å². The summed E-state index contributed by atoms with van der Waals surface area (Å²) in [5, 5.41) is 14.7. The average molecular weight is 305 g/mol. The van der Waals surface area contributed by atoms with E-state index in [4.69, 9.17) is 4.74 Å². The Morgan fingerprint density at radius 2 is 2.43 bits per heavy atom. The number of benzene rings is 1. The Hall–Kier alpha value is -2.35. The van der Waals surface area contributed by atoms with Crippen molar-refractivity contribution in [2.45, 2.75) is 5.16 Å². The minimum absolute atomic E-state index is 0.0971. The van der Waals surface area contributed by atoms with Gasteiger partial charge in [0.25, 0.3) is 0 Å². The van der Waals surface area contributed by atoms with Gasteiger partial charge in [-0.25, -0.2) is 0 Å². The lowest BCUT2D eigenvalue weighted by molar-refractivity contribution is -0.118. The van der Waals surface area contributed by atoms with Gasteiger partial charge >= 0.3 is 0 Å². The van der Waals surface area contributed by atoms with Crippen LogP contribution in [-0.4, -0.2) is 45.5 Å². The Balaban J connectivity index is 2.07. The smallest absolute Gasteiger partial charge is 0.230 e. The predicted molar refractivity (Wildman–Crippen MR) is 79.6 cm³/mol. The fourth-order valence-corrected chi connectivity index (χ4v) is 2.26. The molecule has 0 radical (unpaired) electrons. The average Bonchev–Trinajstić information content (AvgIpc) is 2.99. The third-order valence-electron chi connectivity index (χ3n) is 2.51. The van der Waals surface area contributed by atoms with E-state index in [-0.39, 0.29) is 11.7 Å². The maximum Gasteiger partial charge on any atom is 0.230 e. The van der Waals surface area contributed by atoms with Crippen molar-refractivity contribution in [1.29, 1.82) is 0 Å². The maximum atomic E-state index is 11.6. The molecule has 7 nitrogen and oxygen atoms in total. The summed E-state index contributed by atoms with van der Waals surface area (Å²) in [6.07, 6.45) is 1.63. The first-order valence-corrected chi connectivity index (χ1v) is 7.16. The second-order valence-corrected chi connectivity index (χ2v) is 4.90. The zero-order valence-electron chi connectivity index (χ0n) is 11.5. The SMILES string of the molecule is C=CCNC(=O)CSc1nnnn1-c1cccc(OC)c1. The van der Waals surface area contributed by atoms with Gasteiger partial charge in [0, 0.05) is 12.6 Å². The second-order valence-electron chi connectivity index (χ2n) is 3.96. The third-order valence-corrected chi connectivity index (χ3v) is 3.43. The number of amides is 1.